The molecule has 0 atom stereocenters. The molecule has 0 aliphatic heterocycles. The smallest absolute Gasteiger partial charge is 0.268 e. The maximum Gasteiger partial charge on any atom is 0.268 e. The van der Waals surface area contributed by atoms with Crippen LogP contribution in [-0.2, 0) is 10.0 Å². The van der Waals surface area contributed by atoms with Gasteiger partial charge in [-0.1, -0.05) is 6.07 Å². The van der Waals surface area contributed by atoms with Gasteiger partial charge in [0.05, 0.1) is 35.5 Å². The fourth-order valence-corrected chi connectivity index (χ4v) is 2.39. The molecule has 2 aromatic heterocycles. The molecule has 1 N–H and O–H groups in total. The number of pyridine rings is 1. The SMILES string of the molecule is N#CCCS(=O)(=O)NC(=O)c1cnn2ccccc12. The molecule has 0 saturated heterocycles. The number of amides is 1. The highest BCUT2D eigenvalue weighted by atomic mass is 32.2. The topological polar surface area (TPSA) is 104 Å². The number of hydrogen-bond acceptors (Lipinski definition) is 5. The Hall–Kier alpha value is -2.40. The zero-order valence-electron chi connectivity index (χ0n) is 9.78. The lowest BCUT2D eigenvalue weighted by molar-refractivity contribution is 0.0983. The molecule has 2 heterocycles. The second-order valence-electron chi connectivity index (χ2n) is 3.75. The molecule has 2 rings (SSSR count). The summed E-state index contributed by atoms with van der Waals surface area (Å²) in [5, 5.41) is 12.3. The van der Waals surface area contributed by atoms with Gasteiger partial charge in [-0.15, -0.1) is 0 Å². The molecular weight excluding hydrogens is 268 g/mol. The van der Waals surface area contributed by atoms with Gasteiger partial charge in [0.2, 0.25) is 10.0 Å². The number of carbonyl (C=O) groups is 1. The highest BCUT2D eigenvalue weighted by Crippen LogP contribution is 2.10. The molecular formula is C11H10N4O3S. The molecule has 0 radical (unpaired) electrons. The first kappa shape index (κ1) is 13.0. The molecule has 0 aliphatic rings. The summed E-state index contributed by atoms with van der Waals surface area (Å²) in [7, 11) is -3.80. The van der Waals surface area contributed by atoms with Crippen molar-refractivity contribution < 1.29 is 13.2 Å². The number of hydrogen-bond donors (Lipinski definition) is 1. The molecule has 0 spiro atoms. The van der Waals surface area contributed by atoms with E-state index in [9.17, 15) is 13.2 Å². The van der Waals surface area contributed by atoms with E-state index in [1.165, 1.54) is 10.7 Å². The number of nitrogens with one attached hydrogen (secondary N) is 1. The predicted octanol–water partition coefficient (Wildman–Crippen LogP) is 0.308. The maximum atomic E-state index is 11.9. The van der Waals surface area contributed by atoms with Crippen molar-refractivity contribution in [3.63, 3.8) is 0 Å². The van der Waals surface area contributed by atoms with Gasteiger partial charge >= 0.3 is 0 Å². The van der Waals surface area contributed by atoms with E-state index in [1.807, 2.05) is 4.72 Å². The van der Waals surface area contributed by atoms with Gasteiger partial charge in [-0.3, -0.25) is 4.79 Å². The highest BCUT2D eigenvalue weighted by molar-refractivity contribution is 7.90. The number of carbonyl (C=O) groups excluding carboxylic acids is 1. The molecule has 7 nitrogen and oxygen atoms in total. The van der Waals surface area contributed by atoms with Crippen LogP contribution in [0.2, 0.25) is 0 Å². The molecule has 98 valence electrons. The summed E-state index contributed by atoms with van der Waals surface area (Å²) in [4.78, 5) is 11.9. The van der Waals surface area contributed by atoms with Crippen LogP contribution in [0.4, 0.5) is 0 Å². The highest BCUT2D eigenvalue weighted by Gasteiger charge is 2.18. The van der Waals surface area contributed by atoms with E-state index in [0.29, 0.717) is 5.52 Å². The van der Waals surface area contributed by atoms with Gasteiger partial charge in [0.25, 0.3) is 5.91 Å². The first-order valence-electron chi connectivity index (χ1n) is 5.37. The van der Waals surface area contributed by atoms with Gasteiger partial charge < -0.3 is 0 Å². The number of sulfonamides is 1. The number of rotatable bonds is 4. The Morgan fingerprint density at radius 1 is 1.47 bits per heavy atom. The largest absolute Gasteiger partial charge is 0.268 e. The van der Waals surface area contributed by atoms with Crippen molar-refractivity contribution in [3.05, 3.63) is 36.2 Å². The summed E-state index contributed by atoms with van der Waals surface area (Å²) in [5.74, 6) is -1.16. The van der Waals surface area contributed by atoms with Gasteiger partial charge in [0, 0.05) is 6.20 Å². The van der Waals surface area contributed by atoms with E-state index in [1.54, 1.807) is 30.5 Å². The van der Waals surface area contributed by atoms with Crippen molar-refractivity contribution in [1.29, 1.82) is 5.26 Å². The standard InChI is InChI=1S/C11H10N4O3S/c12-5-3-7-19(17,18)14-11(16)9-8-13-15-6-2-1-4-10(9)15/h1-2,4,6,8H,3,7H2,(H,14,16). The summed E-state index contributed by atoms with van der Waals surface area (Å²) in [6.45, 7) is 0. The van der Waals surface area contributed by atoms with Crippen LogP contribution in [0.1, 0.15) is 16.8 Å². The lowest BCUT2D eigenvalue weighted by atomic mass is 10.2. The Morgan fingerprint density at radius 3 is 3.00 bits per heavy atom. The minimum atomic E-state index is -3.80. The normalized spacial score (nSPS) is 11.1. The fraction of sp³-hybridized carbons (Fsp3) is 0.182. The van der Waals surface area contributed by atoms with Gasteiger partial charge in [-0.2, -0.15) is 10.4 Å². The van der Waals surface area contributed by atoms with E-state index in [2.05, 4.69) is 5.10 Å². The van der Waals surface area contributed by atoms with Crippen molar-refractivity contribution in [2.75, 3.05) is 5.75 Å². The van der Waals surface area contributed by atoms with Crippen LogP contribution in [0.25, 0.3) is 5.52 Å². The van der Waals surface area contributed by atoms with Crippen LogP contribution >= 0.6 is 0 Å². The van der Waals surface area contributed by atoms with Crippen LogP contribution in [-0.4, -0.2) is 29.7 Å². The van der Waals surface area contributed by atoms with Crippen LogP contribution in [0.5, 0.6) is 0 Å². The van der Waals surface area contributed by atoms with E-state index < -0.39 is 21.7 Å². The zero-order valence-corrected chi connectivity index (χ0v) is 10.6. The quantitative estimate of drug-likeness (QED) is 0.866. The van der Waals surface area contributed by atoms with Crippen molar-refractivity contribution in [3.8, 4) is 6.07 Å². The van der Waals surface area contributed by atoms with Crippen LogP contribution in [0.15, 0.2) is 30.6 Å². The number of nitrogens with zero attached hydrogens (tertiary/aromatic N) is 3. The molecule has 0 aliphatic carbocycles. The zero-order chi connectivity index (χ0) is 13.9. The molecule has 8 heteroatoms. The summed E-state index contributed by atoms with van der Waals surface area (Å²) in [5.41, 5.74) is 0.677. The van der Waals surface area contributed by atoms with Gasteiger partial charge in [0.15, 0.2) is 0 Å². The lowest BCUT2D eigenvalue weighted by Crippen LogP contribution is -2.32. The minimum Gasteiger partial charge on any atom is -0.268 e. The average molecular weight is 278 g/mol. The molecule has 0 saturated carbocycles. The molecule has 0 aromatic carbocycles. The summed E-state index contributed by atoms with van der Waals surface area (Å²) in [6.07, 6.45) is 2.78. The Balaban J connectivity index is 2.24. The second-order valence-corrected chi connectivity index (χ2v) is 5.59. The van der Waals surface area contributed by atoms with Crippen molar-refractivity contribution in [1.82, 2.24) is 14.3 Å². The lowest BCUT2D eigenvalue weighted by Gasteiger charge is -2.03. The number of fused-ring (bicyclic) bond motifs is 1. The predicted molar refractivity (Wildman–Crippen MR) is 66.7 cm³/mol. The number of nitriles is 1. The van der Waals surface area contributed by atoms with Crippen molar-refractivity contribution in [2.45, 2.75) is 6.42 Å². The van der Waals surface area contributed by atoms with E-state index >= 15 is 0 Å². The van der Waals surface area contributed by atoms with E-state index in [0.717, 1.165) is 0 Å². The molecule has 2 aromatic rings. The molecule has 1 amide bonds. The number of aromatic nitrogens is 2. The Labute approximate surface area is 109 Å². The summed E-state index contributed by atoms with van der Waals surface area (Å²) in [6, 6.07) is 6.83. The van der Waals surface area contributed by atoms with Crippen LogP contribution in [0, 0.1) is 11.3 Å². The fourth-order valence-electron chi connectivity index (χ4n) is 1.54. The Morgan fingerprint density at radius 2 is 2.26 bits per heavy atom. The van der Waals surface area contributed by atoms with E-state index in [-0.39, 0.29) is 12.0 Å². The first-order valence-corrected chi connectivity index (χ1v) is 7.03. The van der Waals surface area contributed by atoms with Crippen molar-refractivity contribution >= 4 is 21.4 Å². The maximum absolute atomic E-state index is 11.9. The molecule has 0 fully saturated rings. The summed E-state index contributed by atoms with van der Waals surface area (Å²) < 4.78 is 26.4. The van der Waals surface area contributed by atoms with Gasteiger partial charge in [0.1, 0.15) is 0 Å². The molecule has 0 bridgehead atoms. The monoisotopic (exact) mass is 278 g/mol. The average Bonchev–Trinajstić information content (AvgIpc) is 2.80. The van der Waals surface area contributed by atoms with Crippen molar-refractivity contribution in [2.24, 2.45) is 0 Å². The Kier molecular flexibility index (Phi) is 3.48. The summed E-state index contributed by atoms with van der Waals surface area (Å²) >= 11 is 0. The van der Waals surface area contributed by atoms with Crippen LogP contribution in [0.3, 0.4) is 0 Å². The minimum absolute atomic E-state index is 0.168. The van der Waals surface area contributed by atoms with E-state index in [4.69, 9.17) is 5.26 Å². The van der Waals surface area contributed by atoms with Crippen LogP contribution < -0.4 is 4.72 Å². The van der Waals surface area contributed by atoms with Gasteiger partial charge in [-0.25, -0.2) is 17.7 Å². The third-order valence-electron chi connectivity index (χ3n) is 2.40. The molecule has 19 heavy (non-hydrogen) atoms. The molecule has 0 unspecified atom stereocenters. The Bertz CT molecular complexity index is 758. The van der Waals surface area contributed by atoms with Gasteiger partial charge in [-0.05, 0) is 12.1 Å². The third kappa shape index (κ3) is 2.89. The third-order valence-corrected chi connectivity index (χ3v) is 3.64. The first-order chi connectivity index (χ1) is 9.03. The second kappa shape index (κ2) is 5.07.